The zero-order chi connectivity index (χ0) is 14.8. The molecule has 0 bridgehead atoms. The summed E-state index contributed by atoms with van der Waals surface area (Å²) in [6, 6.07) is 4.82. The number of amides is 1. The van der Waals surface area contributed by atoms with E-state index in [-0.39, 0.29) is 11.5 Å². The number of carbonyl (C=O) groups is 2. The number of anilines is 1. The molecule has 0 unspecified atom stereocenters. The Hall–Kier alpha value is -1.88. The van der Waals surface area contributed by atoms with Gasteiger partial charge in [-0.2, -0.15) is 0 Å². The molecule has 0 aliphatic carbocycles. The topological polar surface area (TPSA) is 75.6 Å². The molecule has 1 fully saturated rings. The lowest BCUT2D eigenvalue weighted by atomic mass is 9.81. The van der Waals surface area contributed by atoms with Gasteiger partial charge in [-0.3, -0.25) is 4.79 Å². The normalized spacial score (nSPS) is 17.5. The van der Waals surface area contributed by atoms with Crippen LogP contribution in [0.4, 0.5) is 5.69 Å². The molecule has 2 rings (SSSR count). The third-order valence-corrected chi connectivity index (χ3v) is 3.86. The summed E-state index contributed by atoms with van der Waals surface area (Å²) in [6.45, 7) is 4.85. The van der Waals surface area contributed by atoms with Crippen LogP contribution in [0.5, 0.6) is 0 Å². The van der Waals surface area contributed by atoms with Gasteiger partial charge in [0.25, 0.3) is 0 Å². The molecule has 0 saturated carbocycles. The molecule has 5 heteroatoms. The summed E-state index contributed by atoms with van der Waals surface area (Å²) in [5, 5.41) is 11.9. The largest absolute Gasteiger partial charge is 0.478 e. The summed E-state index contributed by atoms with van der Waals surface area (Å²) in [5.74, 6) is -1.000. The van der Waals surface area contributed by atoms with Crippen LogP contribution >= 0.6 is 0 Å². The number of ether oxygens (including phenoxy) is 1. The highest BCUT2D eigenvalue weighted by atomic mass is 16.5. The van der Waals surface area contributed by atoms with Crippen molar-refractivity contribution in [1.29, 1.82) is 0 Å². The molecule has 1 amide bonds. The fourth-order valence-corrected chi connectivity index (χ4v) is 2.31. The minimum atomic E-state index is -0.961. The van der Waals surface area contributed by atoms with Gasteiger partial charge in [-0.1, -0.05) is 6.92 Å². The van der Waals surface area contributed by atoms with Crippen LogP contribution in [0.15, 0.2) is 18.2 Å². The fourth-order valence-electron chi connectivity index (χ4n) is 2.31. The molecule has 1 aliphatic heterocycles. The van der Waals surface area contributed by atoms with Crippen LogP contribution in [0.3, 0.4) is 0 Å². The maximum absolute atomic E-state index is 12.3. The van der Waals surface area contributed by atoms with Crippen LogP contribution in [0.25, 0.3) is 0 Å². The van der Waals surface area contributed by atoms with Gasteiger partial charge in [-0.15, -0.1) is 0 Å². The number of carboxylic acids is 1. The van der Waals surface area contributed by atoms with Gasteiger partial charge < -0.3 is 15.2 Å². The van der Waals surface area contributed by atoms with Crippen molar-refractivity contribution in [2.45, 2.75) is 26.7 Å². The lowest BCUT2D eigenvalue weighted by Crippen LogP contribution is -2.38. The van der Waals surface area contributed by atoms with E-state index in [1.807, 2.05) is 6.92 Å². The molecule has 1 saturated heterocycles. The molecule has 5 nitrogen and oxygen atoms in total. The number of carbonyl (C=O) groups excluding carboxylic acids is 1. The predicted octanol–water partition coefficient (Wildman–Crippen LogP) is 2.45. The first kappa shape index (κ1) is 14.5. The summed E-state index contributed by atoms with van der Waals surface area (Å²) in [4.78, 5) is 23.3. The SMILES string of the molecule is Cc1cc(NC(=O)C2(C)CCOCC2)ccc1C(=O)O. The van der Waals surface area contributed by atoms with Crippen molar-refractivity contribution in [3.63, 3.8) is 0 Å². The van der Waals surface area contributed by atoms with E-state index in [0.717, 1.165) is 0 Å². The van der Waals surface area contributed by atoms with E-state index < -0.39 is 11.4 Å². The number of benzene rings is 1. The lowest BCUT2D eigenvalue weighted by Gasteiger charge is -2.32. The maximum Gasteiger partial charge on any atom is 0.335 e. The maximum atomic E-state index is 12.3. The standard InChI is InChI=1S/C15H19NO4/c1-10-9-11(3-4-12(10)13(17)18)16-14(19)15(2)5-7-20-8-6-15/h3-4,9H,5-8H2,1-2H3,(H,16,19)(H,17,18). The van der Waals surface area contributed by atoms with E-state index in [4.69, 9.17) is 9.84 Å². The Kier molecular flexibility index (Phi) is 4.09. The second-order valence-electron chi connectivity index (χ2n) is 5.46. The smallest absolute Gasteiger partial charge is 0.335 e. The van der Waals surface area contributed by atoms with Crippen LogP contribution in [0.2, 0.25) is 0 Å². The number of aromatic carboxylic acids is 1. The van der Waals surface area contributed by atoms with Gasteiger partial charge in [-0.05, 0) is 43.5 Å². The van der Waals surface area contributed by atoms with Crippen LogP contribution < -0.4 is 5.32 Å². The monoisotopic (exact) mass is 277 g/mol. The number of hydrogen-bond acceptors (Lipinski definition) is 3. The molecule has 1 aromatic rings. The van der Waals surface area contributed by atoms with Gasteiger partial charge in [0.05, 0.1) is 11.0 Å². The molecule has 2 N–H and O–H groups in total. The van der Waals surface area contributed by atoms with Crippen molar-refractivity contribution < 1.29 is 19.4 Å². The Morgan fingerprint density at radius 2 is 1.95 bits per heavy atom. The zero-order valence-corrected chi connectivity index (χ0v) is 11.7. The first-order chi connectivity index (χ1) is 9.42. The first-order valence-corrected chi connectivity index (χ1v) is 6.65. The average molecular weight is 277 g/mol. The third-order valence-electron chi connectivity index (χ3n) is 3.86. The Labute approximate surface area is 117 Å². The van der Waals surface area contributed by atoms with E-state index >= 15 is 0 Å². The lowest BCUT2D eigenvalue weighted by molar-refractivity contribution is -0.129. The van der Waals surface area contributed by atoms with Crippen LogP contribution in [0, 0.1) is 12.3 Å². The van der Waals surface area contributed by atoms with Gasteiger partial charge in [-0.25, -0.2) is 4.79 Å². The van der Waals surface area contributed by atoms with Gasteiger partial charge in [0.2, 0.25) is 5.91 Å². The van der Waals surface area contributed by atoms with Crippen LogP contribution in [0.1, 0.15) is 35.7 Å². The van der Waals surface area contributed by atoms with E-state index in [0.29, 0.717) is 37.3 Å². The summed E-state index contributed by atoms with van der Waals surface area (Å²) in [6.07, 6.45) is 1.40. The Morgan fingerprint density at radius 3 is 2.50 bits per heavy atom. The van der Waals surface area contributed by atoms with Crippen molar-refractivity contribution in [3.05, 3.63) is 29.3 Å². The van der Waals surface area contributed by atoms with Crippen molar-refractivity contribution >= 4 is 17.6 Å². The summed E-state index contributed by atoms with van der Waals surface area (Å²) in [5.41, 5.74) is 1.09. The predicted molar refractivity (Wildman–Crippen MR) is 74.9 cm³/mol. The molecule has 20 heavy (non-hydrogen) atoms. The number of aryl methyl sites for hydroxylation is 1. The molecule has 0 aromatic heterocycles. The van der Waals surface area contributed by atoms with Crippen molar-refractivity contribution in [2.75, 3.05) is 18.5 Å². The molecule has 1 heterocycles. The number of rotatable bonds is 3. The minimum absolute atomic E-state index is 0.0386. The Bertz CT molecular complexity index is 533. The van der Waals surface area contributed by atoms with Gasteiger partial charge in [0.1, 0.15) is 0 Å². The summed E-state index contributed by atoms with van der Waals surface area (Å²) in [7, 11) is 0. The highest BCUT2D eigenvalue weighted by Gasteiger charge is 2.35. The molecule has 0 atom stereocenters. The van der Waals surface area contributed by atoms with E-state index in [9.17, 15) is 9.59 Å². The molecule has 108 valence electrons. The molecule has 0 spiro atoms. The molecular weight excluding hydrogens is 258 g/mol. The molecular formula is C15H19NO4. The number of carboxylic acid groups (broad SMARTS) is 1. The average Bonchev–Trinajstić information content (AvgIpc) is 2.39. The highest BCUT2D eigenvalue weighted by Crippen LogP contribution is 2.31. The molecule has 0 radical (unpaired) electrons. The third kappa shape index (κ3) is 2.99. The van der Waals surface area contributed by atoms with E-state index in [2.05, 4.69) is 5.32 Å². The van der Waals surface area contributed by atoms with Crippen molar-refractivity contribution in [1.82, 2.24) is 0 Å². The highest BCUT2D eigenvalue weighted by molar-refractivity contribution is 5.96. The summed E-state index contributed by atoms with van der Waals surface area (Å²) < 4.78 is 5.28. The minimum Gasteiger partial charge on any atom is -0.478 e. The van der Waals surface area contributed by atoms with Gasteiger partial charge >= 0.3 is 5.97 Å². The van der Waals surface area contributed by atoms with Gasteiger partial charge in [0.15, 0.2) is 0 Å². The zero-order valence-electron chi connectivity index (χ0n) is 11.7. The second-order valence-corrected chi connectivity index (χ2v) is 5.46. The van der Waals surface area contributed by atoms with E-state index in [1.165, 1.54) is 6.07 Å². The van der Waals surface area contributed by atoms with Gasteiger partial charge in [0, 0.05) is 18.9 Å². The quantitative estimate of drug-likeness (QED) is 0.889. The van der Waals surface area contributed by atoms with Crippen molar-refractivity contribution in [3.8, 4) is 0 Å². The summed E-state index contributed by atoms with van der Waals surface area (Å²) >= 11 is 0. The first-order valence-electron chi connectivity index (χ1n) is 6.65. The Balaban J connectivity index is 2.12. The van der Waals surface area contributed by atoms with Crippen LogP contribution in [-0.4, -0.2) is 30.2 Å². The molecule has 1 aromatic carbocycles. The number of nitrogens with one attached hydrogen (secondary N) is 1. The second kappa shape index (κ2) is 5.63. The number of hydrogen-bond donors (Lipinski definition) is 2. The van der Waals surface area contributed by atoms with Crippen molar-refractivity contribution in [2.24, 2.45) is 5.41 Å². The van der Waals surface area contributed by atoms with Crippen LogP contribution in [-0.2, 0) is 9.53 Å². The fraction of sp³-hybridized carbons (Fsp3) is 0.467. The molecule has 1 aliphatic rings. The Morgan fingerprint density at radius 1 is 1.30 bits per heavy atom. The van der Waals surface area contributed by atoms with E-state index in [1.54, 1.807) is 19.1 Å².